The number of furan rings is 1. The van der Waals surface area contributed by atoms with Crippen molar-refractivity contribution in [1.82, 2.24) is 5.32 Å². The Morgan fingerprint density at radius 2 is 1.89 bits per heavy atom. The first kappa shape index (κ1) is 18.3. The smallest absolute Gasteiger partial charge is 0.254 e. The number of benzene rings is 1. The molecule has 144 valence electrons. The Balaban J connectivity index is 1.66. The molecule has 3 aromatic rings. The first-order valence-corrected chi connectivity index (χ1v) is 9.31. The average molecular weight is 400 g/mol. The zero-order valence-electron chi connectivity index (χ0n) is 15.3. The van der Waals surface area contributed by atoms with Crippen molar-refractivity contribution in [1.29, 1.82) is 0 Å². The number of anilines is 3. The molecule has 28 heavy (non-hydrogen) atoms. The maximum atomic E-state index is 12.2. The van der Waals surface area contributed by atoms with Crippen LogP contribution in [0.1, 0.15) is 46.8 Å². The minimum atomic E-state index is -0.630. The summed E-state index contributed by atoms with van der Waals surface area (Å²) < 4.78 is 5.64. The van der Waals surface area contributed by atoms with Gasteiger partial charge in [0.1, 0.15) is 22.9 Å². The van der Waals surface area contributed by atoms with E-state index >= 15 is 0 Å². The minimum absolute atomic E-state index is 0.135. The summed E-state index contributed by atoms with van der Waals surface area (Å²) in [5.74, 6) is 1.18. The summed E-state index contributed by atoms with van der Waals surface area (Å²) in [5.41, 5.74) is 0.590. The second-order valence-corrected chi connectivity index (χ2v) is 7.13. The number of nitrogens with one attached hydrogen (secondary N) is 3. The van der Waals surface area contributed by atoms with Crippen LogP contribution in [0.15, 0.2) is 38.3 Å². The predicted octanol–water partition coefficient (Wildman–Crippen LogP) is 3.39. The number of carbonyl (C=O) groups is 1. The molecule has 0 fully saturated rings. The number of halogens is 1. The fourth-order valence-corrected chi connectivity index (χ4v) is 3.61. The molecule has 1 aliphatic rings. The van der Waals surface area contributed by atoms with E-state index in [9.17, 15) is 14.4 Å². The van der Waals surface area contributed by atoms with E-state index < -0.39 is 10.9 Å². The Labute approximate surface area is 165 Å². The molecule has 1 aromatic heterocycles. The van der Waals surface area contributed by atoms with Crippen LogP contribution in [0.25, 0.3) is 0 Å². The zero-order chi connectivity index (χ0) is 20.0. The van der Waals surface area contributed by atoms with Gasteiger partial charge < -0.3 is 20.4 Å². The van der Waals surface area contributed by atoms with Gasteiger partial charge in [-0.3, -0.25) is 14.4 Å². The predicted molar refractivity (Wildman–Crippen MR) is 107 cm³/mol. The van der Waals surface area contributed by atoms with Crippen LogP contribution in [0.4, 0.5) is 17.1 Å². The molecule has 2 heterocycles. The Bertz CT molecular complexity index is 1160. The zero-order valence-corrected chi connectivity index (χ0v) is 16.1. The second kappa shape index (κ2) is 6.83. The van der Waals surface area contributed by atoms with Gasteiger partial charge in [-0.15, -0.1) is 0 Å². The van der Waals surface area contributed by atoms with Gasteiger partial charge in [-0.25, -0.2) is 0 Å². The maximum absolute atomic E-state index is 12.2. The number of rotatable bonds is 6. The molecule has 0 radical (unpaired) electrons. The molecule has 2 aromatic carbocycles. The lowest BCUT2D eigenvalue weighted by atomic mass is 10.1. The van der Waals surface area contributed by atoms with Gasteiger partial charge in [-0.2, -0.15) is 0 Å². The molecular weight excluding hydrogens is 382 g/mol. The first-order chi connectivity index (χ1) is 13.4. The molecule has 1 atom stereocenters. The van der Waals surface area contributed by atoms with Gasteiger partial charge in [-0.05, 0) is 37.6 Å². The lowest BCUT2D eigenvalue weighted by Gasteiger charge is -2.21. The summed E-state index contributed by atoms with van der Waals surface area (Å²) in [4.78, 5) is 36.5. The van der Waals surface area contributed by atoms with E-state index in [1.165, 1.54) is 0 Å². The monoisotopic (exact) mass is 399 g/mol. The van der Waals surface area contributed by atoms with Gasteiger partial charge in [0.15, 0.2) is 0 Å². The quantitative estimate of drug-likeness (QED) is 0.549. The van der Waals surface area contributed by atoms with Crippen LogP contribution in [0.5, 0.6) is 0 Å². The van der Waals surface area contributed by atoms with Crippen molar-refractivity contribution in [3.05, 3.63) is 72.4 Å². The normalized spacial score (nSPS) is 14.0. The molecule has 7 nitrogen and oxygen atoms in total. The van der Waals surface area contributed by atoms with E-state index in [1.54, 1.807) is 12.1 Å². The number of hydrogen-bond acceptors (Lipinski definition) is 6. The fourth-order valence-electron chi connectivity index (χ4n) is 3.39. The molecule has 1 aliphatic heterocycles. The van der Waals surface area contributed by atoms with Crippen molar-refractivity contribution in [2.45, 2.75) is 32.9 Å². The molecule has 8 heteroatoms. The van der Waals surface area contributed by atoms with E-state index in [4.69, 9.17) is 16.0 Å². The van der Waals surface area contributed by atoms with Gasteiger partial charge in [0.2, 0.25) is 0 Å². The number of aryl methyl sites for hydroxylation is 1. The SMILES string of the molecule is CCC(Nc1c(Nc2ccc(Cl)c3c2C(=O)NC3)c(=O)c1=O)c1ccc(C)o1. The number of fused-ring (bicyclic) bond motifs is 1. The van der Waals surface area contributed by atoms with Gasteiger partial charge in [0, 0.05) is 17.1 Å². The summed E-state index contributed by atoms with van der Waals surface area (Å²) >= 11 is 6.15. The Morgan fingerprint density at radius 3 is 2.57 bits per heavy atom. The summed E-state index contributed by atoms with van der Waals surface area (Å²) in [5, 5.41) is 9.24. The standard InChI is InChI=1S/C20H18ClN3O4/c1-3-12(14-7-4-9(2)28-14)23-16-17(19(26)18(16)25)24-13-6-5-11(21)10-8-22-20(27)15(10)13/h4-7,12,23-24H,3,8H2,1-2H3,(H,22,27). The molecule has 4 rings (SSSR count). The molecule has 0 aliphatic carbocycles. The van der Waals surface area contributed by atoms with Crippen LogP contribution < -0.4 is 26.8 Å². The molecule has 0 spiro atoms. The second-order valence-electron chi connectivity index (χ2n) is 6.72. The van der Waals surface area contributed by atoms with Crippen molar-refractivity contribution in [2.24, 2.45) is 0 Å². The van der Waals surface area contributed by atoms with Crippen LogP contribution in [0, 0.1) is 6.92 Å². The summed E-state index contributed by atoms with van der Waals surface area (Å²) in [6.07, 6.45) is 0.657. The highest BCUT2D eigenvalue weighted by molar-refractivity contribution is 6.32. The van der Waals surface area contributed by atoms with E-state index in [0.29, 0.717) is 40.6 Å². The average Bonchev–Trinajstić information content (AvgIpc) is 3.29. The third-order valence-electron chi connectivity index (χ3n) is 4.91. The number of amides is 1. The highest BCUT2D eigenvalue weighted by atomic mass is 35.5. The van der Waals surface area contributed by atoms with Crippen molar-refractivity contribution in [3.63, 3.8) is 0 Å². The van der Waals surface area contributed by atoms with E-state index in [0.717, 1.165) is 5.76 Å². The highest BCUT2D eigenvalue weighted by Crippen LogP contribution is 2.34. The van der Waals surface area contributed by atoms with E-state index in [1.807, 2.05) is 26.0 Å². The molecule has 1 amide bonds. The van der Waals surface area contributed by atoms with E-state index in [-0.39, 0.29) is 23.3 Å². The van der Waals surface area contributed by atoms with Crippen LogP contribution in [0.2, 0.25) is 5.02 Å². The van der Waals surface area contributed by atoms with Gasteiger partial charge in [0.25, 0.3) is 16.8 Å². The Hall–Kier alpha value is -3.06. The largest absolute Gasteiger partial charge is 0.464 e. The molecule has 0 saturated carbocycles. The van der Waals surface area contributed by atoms with Crippen LogP contribution >= 0.6 is 11.6 Å². The summed E-state index contributed by atoms with van der Waals surface area (Å²) in [6, 6.07) is 6.71. The molecule has 3 N–H and O–H groups in total. The van der Waals surface area contributed by atoms with Gasteiger partial charge in [0.05, 0.1) is 17.3 Å². The number of hydrogen-bond donors (Lipinski definition) is 3. The first-order valence-electron chi connectivity index (χ1n) is 8.93. The summed E-state index contributed by atoms with van der Waals surface area (Å²) in [7, 11) is 0. The lowest BCUT2D eigenvalue weighted by molar-refractivity contribution is 0.0966. The third-order valence-corrected chi connectivity index (χ3v) is 5.26. The summed E-state index contributed by atoms with van der Waals surface area (Å²) in [6.45, 7) is 4.12. The highest BCUT2D eigenvalue weighted by Gasteiger charge is 2.29. The molecule has 0 saturated heterocycles. The van der Waals surface area contributed by atoms with Crippen molar-refractivity contribution < 1.29 is 9.21 Å². The van der Waals surface area contributed by atoms with Crippen LogP contribution in [0.3, 0.4) is 0 Å². The maximum Gasteiger partial charge on any atom is 0.254 e. The van der Waals surface area contributed by atoms with Gasteiger partial charge in [-0.1, -0.05) is 18.5 Å². The van der Waals surface area contributed by atoms with E-state index in [2.05, 4.69) is 16.0 Å². The minimum Gasteiger partial charge on any atom is -0.464 e. The van der Waals surface area contributed by atoms with Gasteiger partial charge >= 0.3 is 0 Å². The topological polar surface area (TPSA) is 100 Å². The molecular formula is C20H18ClN3O4. The van der Waals surface area contributed by atoms with Crippen LogP contribution in [-0.4, -0.2) is 5.91 Å². The third kappa shape index (κ3) is 2.88. The number of carbonyl (C=O) groups excluding carboxylic acids is 1. The Morgan fingerprint density at radius 1 is 1.14 bits per heavy atom. The molecule has 1 unspecified atom stereocenters. The molecule has 0 bridgehead atoms. The van der Waals surface area contributed by atoms with Crippen molar-refractivity contribution in [3.8, 4) is 0 Å². The van der Waals surface area contributed by atoms with Crippen LogP contribution in [-0.2, 0) is 6.54 Å². The van der Waals surface area contributed by atoms with Crippen molar-refractivity contribution >= 4 is 34.6 Å². The van der Waals surface area contributed by atoms with Crippen molar-refractivity contribution in [2.75, 3.05) is 10.6 Å². The lowest BCUT2D eigenvalue weighted by Crippen LogP contribution is -2.37. The fraction of sp³-hybridized carbons (Fsp3) is 0.250. The Kier molecular flexibility index (Phi) is 4.47.